The average Bonchev–Trinajstić information content (AvgIpc) is 2.73. The third-order valence-electron chi connectivity index (χ3n) is 7.14. The molecule has 0 amide bonds. The van der Waals surface area contributed by atoms with E-state index >= 15 is 0 Å². The maximum atomic E-state index is 13.5. The number of fused-ring (bicyclic) bond motifs is 1. The van der Waals surface area contributed by atoms with Gasteiger partial charge < -0.3 is 15.0 Å². The second-order valence-corrected chi connectivity index (χ2v) is 8.86. The molecule has 5 heteroatoms. The lowest BCUT2D eigenvalue weighted by Gasteiger charge is -2.41. The SMILES string of the molecule is COC1CCCC(NC2=C(N3CCCCC3)C(=O)C3CCCCC3C2=O)C1. The largest absolute Gasteiger partial charge is 0.381 e. The summed E-state index contributed by atoms with van der Waals surface area (Å²) < 4.78 is 5.57. The third kappa shape index (κ3) is 3.80. The molecule has 0 bridgehead atoms. The number of ketones is 2. The highest BCUT2D eigenvalue weighted by atomic mass is 16.5. The van der Waals surface area contributed by atoms with Crippen LogP contribution in [-0.2, 0) is 14.3 Å². The van der Waals surface area contributed by atoms with Crippen molar-refractivity contribution in [2.75, 3.05) is 20.2 Å². The van der Waals surface area contributed by atoms with Crippen LogP contribution in [0.1, 0.15) is 70.6 Å². The van der Waals surface area contributed by atoms with Gasteiger partial charge in [0.2, 0.25) is 0 Å². The van der Waals surface area contributed by atoms with E-state index < -0.39 is 0 Å². The molecule has 27 heavy (non-hydrogen) atoms. The summed E-state index contributed by atoms with van der Waals surface area (Å²) in [5.41, 5.74) is 1.37. The van der Waals surface area contributed by atoms with E-state index in [0.29, 0.717) is 5.70 Å². The van der Waals surface area contributed by atoms with E-state index in [0.717, 1.165) is 83.0 Å². The van der Waals surface area contributed by atoms with Crippen molar-refractivity contribution in [1.82, 2.24) is 10.2 Å². The number of nitrogens with zero attached hydrogens (tertiary/aromatic N) is 1. The molecule has 3 aliphatic carbocycles. The lowest BCUT2D eigenvalue weighted by atomic mass is 9.69. The molecule has 4 aliphatic rings. The Balaban J connectivity index is 1.64. The molecular formula is C22H34N2O3. The van der Waals surface area contributed by atoms with Crippen molar-refractivity contribution in [3.05, 3.63) is 11.4 Å². The van der Waals surface area contributed by atoms with Gasteiger partial charge in [-0.15, -0.1) is 0 Å². The second-order valence-electron chi connectivity index (χ2n) is 8.86. The van der Waals surface area contributed by atoms with Crippen molar-refractivity contribution in [2.24, 2.45) is 11.8 Å². The Kier molecular flexibility index (Phi) is 5.86. The maximum Gasteiger partial charge on any atom is 0.184 e. The van der Waals surface area contributed by atoms with E-state index in [1.807, 2.05) is 0 Å². The van der Waals surface area contributed by atoms with Crippen molar-refractivity contribution in [3.63, 3.8) is 0 Å². The first-order valence-corrected chi connectivity index (χ1v) is 11.1. The van der Waals surface area contributed by atoms with Crippen LogP contribution in [0.15, 0.2) is 11.4 Å². The van der Waals surface area contributed by atoms with Crippen molar-refractivity contribution in [1.29, 1.82) is 0 Å². The number of hydrogen-bond acceptors (Lipinski definition) is 5. The number of carbonyl (C=O) groups excluding carboxylic acids is 2. The average molecular weight is 375 g/mol. The van der Waals surface area contributed by atoms with Gasteiger partial charge in [-0.3, -0.25) is 9.59 Å². The topological polar surface area (TPSA) is 58.6 Å². The van der Waals surface area contributed by atoms with Gasteiger partial charge in [0.05, 0.1) is 6.10 Å². The van der Waals surface area contributed by atoms with Gasteiger partial charge in [0, 0.05) is 38.1 Å². The van der Waals surface area contributed by atoms with Gasteiger partial charge in [-0.25, -0.2) is 0 Å². The van der Waals surface area contributed by atoms with Crippen LogP contribution in [0.3, 0.4) is 0 Å². The molecule has 0 aromatic carbocycles. The maximum absolute atomic E-state index is 13.5. The number of likely N-dealkylation sites (tertiary alicyclic amines) is 1. The molecule has 3 fully saturated rings. The molecule has 0 aromatic rings. The molecule has 1 saturated heterocycles. The predicted octanol–water partition coefficient (Wildman–Crippen LogP) is 3.19. The smallest absolute Gasteiger partial charge is 0.184 e. The highest BCUT2D eigenvalue weighted by molar-refractivity contribution is 6.13. The summed E-state index contributed by atoms with van der Waals surface area (Å²) in [6, 6.07) is 0.232. The molecule has 1 N–H and O–H groups in total. The summed E-state index contributed by atoms with van der Waals surface area (Å²) in [5, 5.41) is 3.57. The van der Waals surface area contributed by atoms with E-state index in [1.54, 1.807) is 7.11 Å². The van der Waals surface area contributed by atoms with E-state index in [2.05, 4.69) is 10.2 Å². The molecule has 4 rings (SSSR count). The molecule has 0 aromatic heterocycles. The minimum Gasteiger partial charge on any atom is -0.381 e. The molecule has 4 unspecified atom stereocenters. The van der Waals surface area contributed by atoms with E-state index in [1.165, 1.54) is 6.42 Å². The number of methoxy groups -OCH3 is 1. The summed E-state index contributed by atoms with van der Waals surface area (Å²) in [5.74, 6) is 0.276. The van der Waals surface area contributed by atoms with Crippen molar-refractivity contribution in [2.45, 2.75) is 82.8 Å². The zero-order valence-corrected chi connectivity index (χ0v) is 16.7. The fourth-order valence-electron chi connectivity index (χ4n) is 5.62. The molecule has 0 radical (unpaired) electrons. The normalized spacial score (nSPS) is 35.2. The lowest BCUT2D eigenvalue weighted by Crippen LogP contribution is -2.50. The van der Waals surface area contributed by atoms with Crippen molar-refractivity contribution in [3.8, 4) is 0 Å². The Hall–Kier alpha value is -1.36. The van der Waals surface area contributed by atoms with Gasteiger partial charge in [0.15, 0.2) is 11.6 Å². The Morgan fingerprint density at radius 1 is 0.852 bits per heavy atom. The fourth-order valence-corrected chi connectivity index (χ4v) is 5.62. The molecule has 150 valence electrons. The van der Waals surface area contributed by atoms with Crippen LogP contribution in [0.4, 0.5) is 0 Å². The van der Waals surface area contributed by atoms with E-state index in [-0.39, 0.29) is 35.5 Å². The number of ether oxygens (including phenoxy) is 1. The van der Waals surface area contributed by atoms with Crippen LogP contribution in [0.25, 0.3) is 0 Å². The molecule has 2 saturated carbocycles. The Labute approximate surface area is 162 Å². The Morgan fingerprint density at radius 3 is 2.26 bits per heavy atom. The van der Waals surface area contributed by atoms with E-state index in [4.69, 9.17) is 4.74 Å². The van der Waals surface area contributed by atoms with Gasteiger partial charge in [0.1, 0.15) is 11.4 Å². The molecule has 4 atom stereocenters. The fraction of sp³-hybridized carbons (Fsp3) is 0.818. The van der Waals surface area contributed by atoms with Crippen LogP contribution in [-0.4, -0.2) is 48.8 Å². The zero-order chi connectivity index (χ0) is 18.8. The molecular weight excluding hydrogens is 340 g/mol. The highest BCUT2D eigenvalue weighted by Gasteiger charge is 2.46. The third-order valence-corrected chi connectivity index (χ3v) is 7.14. The molecule has 5 nitrogen and oxygen atoms in total. The zero-order valence-electron chi connectivity index (χ0n) is 16.7. The first-order valence-electron chi connectivity index (χ1n) is 11.1. The van der Waals surface area contributed by atoms with Gasteiger partial charge in [-0.1, -0.05) is 12.8 Å². The van der Waals surface area contributed by atoms with Crippen LogP contribution < -0.4 is 5.32 Å². The minimum absolute atomic E-state index is 0.0770. The van der Waals surface area contributed by atoms with Crippen LogP contribution in [0.5, 0.6) is 0 Å². The van der Waals surface area contributed by atoms with Crippen LogP contribution in [0, 0.1) is 11.8 Å². The van der Waals surface area contributed by atoms with E-state index in [9.17, 15) is 9.59 Å². The van der Waals surface area contributed by atoms with Crippen LogP contribution >= 0.6 is 0 Å². The lowest BCUT2D eigenvalue weighted by molar-refractivity contribution is -0.134. The molecule has 1 aliphatic heterocycles. The number of nitrogens with one attached hydrogen (secondary N) is 1. The quantitative estimate of drug-likeness (QED) is 0.819. The van der Waals surface area contributed by atoms with Crippen molar-refractivity contribution >= 4 is 11.6 Å². The number of Topliss-reactive ketones (excluding diaryl/α,β-unsaturated/α-hetero) is 2. The number of carbonyl (C=O) groups is 2. The predicted molar refractivity (Wildman–Crippen MR) is 104 cm³/mol. The highest BCUT2D eigenvalue weighted by Crippen LogP contribution is 2.40. The number of hydrogen-bond donors (Lipinski definition) is 1. The van der Waals surface area contributed by atoms with Gasteiger partial charge >= 0.3 is 0 Å². The first kappa shape index (κ1) is 19.0. The molecule has 1 heterocycles. The number of piperidine rings is 1. The summed E-state index contributed by atoms with van der Waals surface area (Å²) in [6.45, 7) is 1.81. The number of rotatable bonds is 4. The molecule has 0 spiro atoms. The monoisotopic (exact) mass is 374 g/mol. The van der Waals surface area contributed by atoms with Crippen LogP contribution in [0.2, 0.25) is 0 Å². The minimum atomic E-state index is -0.0934. The van der Waals surface area contributed by atoms with Gasteiger partial charge in [-0.05, 0) is 57.8 Å². The van der Waals surface area contributed by atoms with Gasteiger partial charge in [-0.2, -0.15) is 0 Å². The summed E-state index contributed by atoms with van der Waals surface area (Å²) >= 11 is 0. The summed E-state index contributed by atoms with van der Waals surface area (Å²) in [7, 11) is 1.77. The summed E-state index contributed by atoms with van der Waals surface area (Å²) in [4.78, 5) is 29.1. The van der Waals surface area contributed by atoms with Crippen molar-refractivity contribution < 1.29 is 14.3 Å². The summed E-state index contributed by atoms with van der Waals surface area (Å²) in [6.07, 6.45) is 11.8. The standard InChI is InChI=1S/C22H34N2O3/c1-27-16-9-7-8-15(14-16)23-19-20(24-12-5-2-6-13-24)22(26)18-11-4-3-10-17(18)21(19)25/h15-18,23H,2-14H2,1H3. The second kappa shape index (κ2) is 8.34. The first-order chi connectivity index (χ1) is 13.2. The van der Waals surface area contributed by atoms with Gasteiger partial charge in [0.25, 0.3) is 0 Å². The Morgan fingerprint density at radius 2 is 1.56 bits per heavy atom. The number of allylic oxidation sites excluding steroid dienone is 2. The Bertz CT molecular complexity index is 609.